The molecule has 0 amide bonds. The standard InChI is InChI=1S/C21H30N2O4/c1-7-15(20(24)25)23-17-12-21(3,4)11-16(13(17)2)22-14-8-9-18(26-5)19(10-14)27-6/h8-10,15,22H,7,11-12H2,1-6H3,(H,24,25). The smallest absolute Gasteiger partial charge is 0.328 e. The number of methoxy groups -OCH3 is 2. The molecule has 1 aliphatic rings. The van der Waals surface area contributed by atoms with E-state index in [-0.39, 0.29) is 5.41 Å². The summed E-state index contributed by atoms with van der Waals surface area (Å²) in [4.78, 5) is 16.0. The van der Waals surface area contributed by atoms with Crippen molar-refractivity contribution < 1.29 is 19.4 Å². The fourth-order valence-corrected chi connectivity index (χ4v) is 3.31. The van der Waals surface area contributed by atoms with Crippen LogP contribution in [-0.4, -0.2) is 37.0 Å². The fourth-order valence-electron chi connectivity index (χ4n) is 3.31. The second-order valence-corrected chi connectivity index (χ2v) is 7.65. The Morgan fingerprint density at radius 3 is 2.48 bits per heavy atom. The number of benzene rings is 1. The first-order chi connectivity index (χ1) is 12.7. The van der Waals surface area contributed by atoms with Gasteiger partial charge in [0.1, 0.15) is 6.04 Å². The summed E-state index contributed by atoms with van der Waals surface area (Å²) in [6.07, 6.45) is 2.10. The lowest BCUT2D eigenvalue weighted by Gasteiger charge is -2.34. The number of allylic oxidation sites excluding steroid dienone is 2. The Hall–Kier alpha value is -2.50. The van der Waals surface area contributed by atoms with Gasteiger partial charge in [0.2, 0.25) is 0 Å². The average molecular weight is 374 g/mol. The summed E-state index contributed by atoms with van der Waals surface area (Å²) in [6.45, 7) is 8.20. The molecule has 0 heterocycles. The number of anilines is 1. The molecular weight excluding hydrogens is 344 g/mol. The van der Waals surface area contributed by atoms with Crippen molar-refractivity contribution in [1.29, 1.82) is 0 Å². The zero-order chi connectivity index (χ0) is 20.2. The molecular formula is C21H30N2O4. The number of hydrogen-bond donors (Lipinski definition) is 2. The molecule has 1 atom stereocenters. The molecule has 0 aromatic heterocycles. The van der Waals surface area contributed by atoms with Crippen molar-refractivity contribution in [1.82, 2.24) is 0 Å². The highest BCUT2D eigenvalue weighted by Crippen LogP contribution is 2.39. The minimum absolute atomic E-state index is 0.00592. The van der Waals surface area contributed by atoms with E-state index in [1.165, 1.54) is 0 Å². The van der Waals surface area contributed by atoms with Gasteiger partial charge < -0.3 is 19.9 Å². The van der Waals surface area contributed by atoms with E-state index in [9.17, 15) is 9.90 Å². The van der Waals surface area contributed by atoms with E-state index in [0.717, 1.165) is 35.5 Å². The molecule has 27 heavy (non-hydrogen) atoms. The molecule has 6 nitrogen and oxygen atoms in total. The number of nitrogens with zero attached hydrogens (tertiary/aromatic N) is 1. The third-order valence-electron chi connectivity index (χ3n) is 4.85. The van der Waals surface area contributed by atoms with Crippen molar-refractivity contribution >= 4 is 17.4 Å². The SMILES string of the molecule is CCC(N=C1CC(C)(C)CC(Nc2ccc(OC)c(OC)c2)=C1C)C(=O)O. The molecule has 1 aromatic rings. The molecule has 0 bridgehead atoms. The Bertz CT molecular complexity index is 765. The van der Waals surface area contributed by atoms with Gasteiger partial charge in [0.25, 0.3) is 0 Å². The van der Waals surface area contributed by atoms with Gasteiger partial charge in [-0.05, 0) is 49.3 Å². The highest BCUT2D eigenvalue weighted by atomic mass is 16.5. The summed E-state index contributed by atoms with van der Waals surface area (Å²) in [6, 6.07) is 4.99. The molecule has 1 unspecified atom stereocenters. The van der Waals surface area contributed by atoms with Crippen molar-refractivity contribution in [2.45, 2.75) is 53.0 Å². The van der Waals surface area contributed by atoms with Gasteiger partial charge in [0.15, 0.2) is 11.5 Å². The van der Waals surface area contributed by atoms with Crippen molar-refractivity contribution in [3.05, 3.63) is 29.5 Å². The van der Waals surface area contributed by atoms with Gasteiger partial charge in [-0.2, -0.15) is 0 Å². The Kier molecular flexibility index (Phi) is 6.52. The van der Waals surface area contributed by atoms with Crippen molar-refractivity contribution in [2.75, 3.05) is 19.5 Å². The molecule has 0 aliphatic heterocycles. The van der Waals surface area contributed by atoms with Crippen LogP contribution in [0.25, 0.3) is 0 Å². The maximum absolute atomic E-state index is 11.4. The van der Waals surface area contributed by atoms with E-state index in [4.69, 9.17) is 9.47 Å². The summed E-state index contributed by atoms with van der Waals surface area (Å²) in [5.41, 5.74) is 3.82. The predicted octanol–water partition coefficient (Wildman–Crippen LogP) is 4.51. The summed E-state index contributed by atoms with van der Waals surface area (Å²) in [5.74, 6) is 0.449. The molecule has 1 aromatic carbocycles. The van der Waals surface area contributed by atoms with Gasteiger partial charge >= 0.3 is 5.97 Å². The van der Waals surface area contributed by atoms with E-state index in [2.05, 4.69) is 24.2 Å². The molecule has 2 rings (SSSR count). The van der Waals surface area contributed by atoms with Crippen LogP contribution in [0.5, 0.6) is 11.5 Å². The van der Waals surface area contributed by atoms with Crippen LogP contribution in [0.1, 0.15) is 47.0 Å². The van der Waals surface area contributed by atoms with Crippen LogP contribution in [0.2, 0.25) is 0 Å². The lowest BCUT2D eigenvalue weighted by molar-refractivity contribution is -0.138. The Morgan fingerprint density at radius 1 is 1.26 bits per heavy atom. The summed E-state index contributed by atoms with van der Waals surface area (Å²) >= 11 is 0. The number of aliphatic carboxylic acids is 1. The van der Waals surface area contributed by atoms with Crippen LogP contribution in [0.3, 0.4) is 0 Å². The number of carboxylic acid groups (broad SMARTS) is 1. The zero-order valence-corrected chi connectivity index (χ0v) is 17.0. The number of carbonyl (C=O) groups is 1. The number of rotatable bonds is 7. The lowest BCUT2D eigenvalue weighted by atomic mass is 9.75. The summed E-state index contributed by atoms with van der Waals surface area (Å²) in [5, 5.41) is 12.8. The second-order valence-electron chi connectivity index (χ2n) is 7.65. The number of nitrogens with one attached hydrogen (secondary N) is 1. The van der Waals surface area contributed by atoms with Gasteiger partial charge in [-0.15, -0.1) is 0 Å². The lowest BCUT2D eigenvalue weighted by Crippen LogP contribution is -2.29. The van der Waals surface area contributed by atoms with E-state index in [1.54, 1.807) is 14.2 Å². The van der Waals surface area contributed by atoms with Crippen molar-refractivity contribution in [3.63, 3.8) is 0 Å². The fraction of sp³-hybridized carbons (Fsp3) is 0.524. The van der Waals surface area contributed by atoms with Crippen LogP contribution in [0.4, 0.5) is 5.69 Å². The molecule has 148 valence electrons. The molecule has 0 saturated carbocycles. The van der Waals surface area contributed by atoms with E-state index < -0.39 is 12.0 Å². The van der Waals surface area contributed by atoms with Crippen LogP contribution in [-0.2, 0) is 4.79 Å². The van der Waals surface area contributed by atoms with Gasteiger partial charge in [0, 0.05) is 23.2 Å². The van der Waals surface area contributed by atoms with E-state index >= 15 is 0 Å². The topological polar surface area (TPSA) is 80.2 Å². The Balaban J connectivity index is 2.39. The van der Waals surface area contributed by atoms with Gasteiger partial charge in [-0.1, -0.05) is 20.8 Å². The molecule has 1 aliphatic carbocycles. The maximum atomic E-state index is 11.4. The van der Waals surface area contributed by atoms with Crippen molar-refractivity contribution in [3.8, 4) is 11.5 Å². The van der Waals surface area contributed by atoms with Crippen molar-refractivity contribution in [2.24, 2.45) is 10.4 Å². The minimum Gasteiger partial charge on any atom is -0.493 e. The first kappa shape index (κ1) is 20.8. The number of hydrogen-bond acceptors (Lipinski definition) is 5. The van der Waals surface area contributed by atoms with Gasteiger partial charge in [-0.3, -0.25) is 4.99 Å². The third-order valence-corrected chi connectivity index (χ3v) is 4.85. The molecule has 2 N–H and O–H groups in total. The van der Waals surface area contributed by atoms with E-state index in [1.807, 2.05) is 32.0 Å². The molecule has 0 fully saturated rings. The van der Waals surface area contributed by atoms with Crippen LogP contribution in [0.15, 0.2) is 34.5 Å². The minimum atomic E-state index is -0.879. The largest absolute Gasteiger partial charge is 0.493 e. The van der Waals surface area contributed by atoms with Crippen LogP contribution in [0, 0.1) is 5.41 Å². The van der Waals surface area contributed by atoms with E-state index in [0.29, 0.717) is 17.9 Å². The quantitative estimate of drug-likeness (QED) is 0.734. The number of aliphatic imine (C=N–C) groups is 1. The maximum Gasteiger partial charge on any atom is 0.328 e. The second kappa shape index (κ2) is 8.46. The van der Waals surface area contributed by atoms with Gasteiger partial charge in [-0.25, -0.2) is 4.79 Å². The highest BCUT2D eigenvalue weighted by Gasteiger charge is 2.31. The zero-order valence-electron chi connectivity index (χ0n) is 17.0. The first-order valence-corrected chi connectivity index (χ1v) is 9.19. The monoisotopic (exact) mass is 374 g/mol. The van der Waals surface area contributed by atoms with Gasteiger partial charge in [0.05, 0.1) is 14.2 Å². The third kappa shape index (κ3) is 5.02. The Labute approximate surface area is 161 Å². The predicted molar refractivity (Wildman–Crippen MR) is 108 cm³/mol. The first-order valence-electron chi connectivity index (χ1n) is 9.19. The molecule has 0 radical (unpaired) electrons. The normalized spacial score (nSPS) is 19.0. The summed E-state index contributed by atoms with van der Waals surface area (Å²) < 4.78 is 10.7. The van der Waals surface area contributed by atoms with Crippen LogP contribution < -0.4 is 14.8 Å². The average Bonchev–Trinajstić information content (AvgIpc) is 2.62. The number of ether oxygens (including phenoxy) is 2. The molecule has 0 spiro atoms. The Morgan fingerprint density at radius 2 is 1.93 bits per heavy atom. The summed E-state index contributed by atoms with van der Waals surface area (Å²) in [7, 11) is 3.22. The molecule has 0 saturated heterocycles. The highest BCUT2D eigenvalue weighted by molar-refractivity contribution is 6.03. The van der Waals surface area contributed by atoms with Crippen LogP contribution >= 0.6 is 0 Å². The molecule has 6 heteroatoms. The number of carboxylic acids is 1.